The van der Waals surface area contributed by atoms with Crippen LogP contribution >= 0.6 is 0 Å². The van der Waals surface area contributed by atoms with E-state index in [4.69, 9.17) is 5.73 Å². The molecule has 0 radical (unpaired) electrons. The number of esters is 1. The second kappa shape index (κ2) is 5.54. The molecule has 0 heterocycles. The molecule has 0 bridgehead atoms. The highest BCUT2D eigenvalue weighted by Crippen LogP contribution is 2.34. The Morgan fingerprint density at radius 2 is 1.90 bits per heavy atom. The van der Waals surface area contributed by atoms with Crippen LogP contribution in [-0.4, -0.2) is 18.5 Å². The lowest BCUT2D eigenvalue weighted by Crippen LogP contribution is -2.41. The number of hydrogen-bond acceptors (Lipinski definition) is 3. The molecule has 0 aliphatic rings. The van der Waals surface area contributed by atoms with E-state index >= 15 is 0 Å². The lowest BCUT2D eigenvalue weighted by molar-refractivity contribution is -0.174. The van der Waals surface area contributed by atoms with Crippen LogP contribution in [0.2, 0.25) is 0 Å². The molecule has 0 aromatic heterocycles. The first kappa shape index (κ1) is 14.4. The van der Waals surface area contributed by atoms with E-state index in [1.54, 1.807) is 36.4 Å². The molecule has 1 atom stereocenters. The summed E-state index contributed by atoms with van der Waals surface area (Å²) in [6.45, 7) is 1.36. The van der Waals surface area contributed by atoms with E-state index in [9.17, 15) is 13.6 Å². The average molecular weight is 279 g/mol. The number of halogens is 2. The maximum atomic E-state index is 14.0. The Labute approximate surface area is 115 Å². The molecular weight excluding hydrogens is 264 g/mol. The van der Waals surface area contributed by atoms with E-state index in [1.165, 1.54) is 13.0 Å². The number of benzene rings is 2. The minimum absolute atomic E-state index is 0.114. The first-order valence-electron chi connectivity index (χ1n) is 6.26. The lowest BCUT2D eigenvalue weighted by Gasteiger charge is -2.23. The first-order valence-corrected chi connectivity index (χ1v) is 6.26. The van der Waals surface area contributed by atoms with Crippen molar-refractivity contribution < 1.29 is 18.3 Å². The molecule has 0 aliphatic carbocycles. The van der Waals surface area contributed by atoms with Gasteiger partial charge in [0, 0.05) is 0 Å². The van der Waals surface area contributed by atoms with E-state index in [0.717, 1.165) is 5.39 Å². The molecule has 0 aliphatic heterocycles. The number of ether oxygens (including phenoxy) is 1. The molecule has 0 spiro atoms. The van der Waals surface area contributed by atoms with Gasteiger partial charge in [-0.3, -0.25) is 0 Å². The molecule has 2 N–H and O–H groups in total. The average Bonchev–Trinajstić information content (AvgIpc) is 2.46. The van der Waals surface area contributed by atoms with E-state index in [2.05, 4.69) is 4.74 Å². The molecule has 5 heteroatoms. The third-order valence-corrected chi connectivity index (χ3v) is 3.10. The highest BCUT2D eigenvalue weighted by Gasteiger charge is 2.48. The standard InChI is InChI=1S/C15H15F2NO2/c1-2-20-14(19)15(16,17)13(18)12-9-5-7-10-6-3-4-8-11(10)12/h3-9,13H,2,18H2,1H3/t13-/m0/s1. The normalized spacial score (nSPS) is 13.2. The summed E-state index contributed by atoms with van der Waals surface area (Å²) in [4.78, 5) is 11.4. The number of nitrogens with two attached hydrogens (primary N) is 1. The third-order valence-electron chi connectivity index (χ3n) is 3.10. The highest BCUT2D eigenvalue weighted by atomic mass is 19.3. The summed E-state index contributed by atoms with van der Waals surface area (Å²) >= 11 is 0. The van der Waals surface area contributed by atoms with E-state index < -0.39 is 17.9 Å². The van der Waals surface area contributed by atoms with E-state index in [1.807, 2.05) is 0 Å². The molecule has 3 nitrogen and oxygen atoms in total. The number of carbonyl (C=O) groups excluding carboxylic acids is 1. The molecule has 2 rings (SSSR count). The number of hydrogen-bond donors (Lipinski definition) is 1. The molecule has 106 valence electrons. The summed E-state index contributed by atoms with van der Waals surface area (Å²) in [7, 11) is 0. The molecule has 20 heavy (non-hydrogen) atoms. The Morgan fingerprint density at radius 3 is 2.60 bits per heavy atom. The van der Waals surface area contributed by atoms with Gasteiger partial charge in [0.15, 0.2) is 0 Å². The minimum Gasteiger partial charge on any atom is -0.462 e. The molecule has 2 aromatic carbocycles. The monoisotopic (exact) mass is 279 g/mol. The minimum atomic E-state index is -3.76. The van der Waals surface area contributed by atoms with Gasteiger partial charge in [-0.2, -0.15) is 8.78 Å². The van der Waals surface area contributed by atoms with Gasteiger partial charge in [-0.15, -0.1) is 0 Å². The van der Waals surface area contributed by atoms with Gasteiger partial charge in [-0.25, -0.2) is 4.79 Å². The molecule has 2 aromatic rings. The largest absolute Gasteiger partial charge is 0.462 e. The van der Waals surface area contributed by atoms with Gasteiger partial charge in [0.25, 0.3) is 0 Å². The van der Waals surface area contributed by atoms with Gasteiger partial charge in [-0.1, -0.05) is 42.5 Å². The number of rotatable bonds is 4. The van der Waals surface area contributed by atoms with Crippen molar-refractivity contribution in [1.82, 2.24) is 0 Å². The van der Waals surface area contributed by atoms with Crippen molar-refractivity contribution in [3.05, 3.63) is 48.0 Å². The number of carbonyl (C=O) groups is 1. The van der Waals surface area contributed by atoms with Gasteiger partial charge in [0.1, 0.15) is 6.04 Å². The summed E-state index contributed by atoms with van der Waals surface area (Å²) in [6.07, 6.45) is 0. The zero-order valence-electron chi connectivity index (χ0n) is 11.0. The van der Waals surface area contributed by atoms with Gasteiger partial charge >= 0.3 is 11.9 Å². The third kappa shape index (κ3) is 2.49. The van der Waals surface area contributed by atoms with Crippen molar-refractivity contribution in [3.63, 3.8) is 0 Å². The predicted molar refractivity (Wildman–Crippen MR) is 72.5 cm³/mol. The lowest BCUT2D eigenvalue weighted by atomic mass is 9.95. The van der Waals surface area contributed by atoms with Crippen LogP contribution in [0.5, 0.6) is 0 Å². The summed E-state index contributed by atoms with van der Waals surface area (Å²) in [5.74, 6) is -5.36. The SMILES string of the molecule is CCOC(=O)C(F)(F)[C@@H](N)c1cccc2ccccc12. The fourth-order valence-corrected chi connectivity index (χ4v) is 2.07. The molecule has 0 fully saturated rings. The van der Waals surface area contributed by atoms with Crippen LogP contribution in [-0.2, 0) is 9.53 Å². The quantitative estimate of drug-likeness (QED) is 0.875. The zero-order chi connectivity index (χ0) is 14.8. The van der Waals surface area contributed by atoms with Crippen LogP contribution in [0.3, 0.4) is 0 Å². The first-order chi connectivity index (χ1) is 9.48. The Balaban J connectivity index is 2.45. The zero-order valence-corrected chi connectivity index (χ0v) is 11.0. The van der Waals surface area contributed by atoms with Crippen molar-refractivity contribution in [2.75, 3.05) is 6.61 Å². The fourth-order valence-electron chi connectivity index (χ4n) is 2.07. The summed E-state index contributed by atoms with van der Waals surface area (Å²) in [5.41, 5.74) is 5.84. The fraction of sp³-hybridized carbons (Fsp3) is 0.267. The van der Waals surface area contributed by atoms with Crippen molar-refractivity contribution in [2.24, 2.45) is 5.73 Å². The van der Waals surface area contributed by atoms with Crippen molar-refractivity contribution in [1.29, 1.82) is 0 Å². The Kier molecular flexibility index (Phi) is 3.99. The Hall–Kier alpha value is -2.01. The Bertz CT molecular complexity index is 623. The molecule has 0 saturated carbocycles. The smallest absolute Gasteiger partial charge is 0.379 e. The van der Waals surface area contributed by atoms with Crippen LogP contribution < -0.4 is 5.73 Å². The molecule has 0 unspecified atom stereocenters. The van der Waals surface area contributed by atoms with E-state index in [0.29, 0.717) is 5.39 Å². The number of fused-ring (bicyclic) bond motifs is 1. The second-order valence-electron chi connectivity index (χ2n) is 4.39. The van der Waals surface area contributed by atoms with Crippen LogP contribution in [0.4, 0.5) is 8.78 Å². The van der Waals surface area contributed by atoms with Crippen LogP contribution in [0.15, 0.2) is 42.5 Å². The van der Waals surface area contributed by atoms with Crippen LogP contribution in [0, 0.1) is 0 Å². The van der Waals surface area contributed by atoms with Gasteiger partial charge in [0.2, 0.25) is 0 Å². The summed E-state index contributed by atoms with van der Waals surface area (Å²) in [6, 6.07) is 10.2. The Morgan fingerprint density at radius 1 is 1.25 bits per heavy atom. The molecule has 0 amide bonds. The second-order valence-corrected chi connectivity index (χ2v) is 4.39. The molecule has 0 saturated heterocycles. The van der Waals surface area contributed by atoms with Crippen molar-refractivity contribution >= 4 is 16.7 Å². The summed E-state index contributed by atoms with van der Waals surface area (Å²) in [5, 5.41) is 1.39. The van der Waals surface area contributed by atoms with Crippen molar-refractivity contribution in [2.45, 2.75) is 18.9 Å². The maximum absolute atomic E-state index is 14.0. The van der Waals surface area contributed by atoms with Crippen LogP contribution in [0.25, 0.3) is 10.8 Å². The predicted octanol–water partition coefficient (Wildman–Crippen LogP) is 3.04. The van der Waals surface area contributed by atoms with Crippen molar-refractivity contribution in [3.8, 4) is 0 Å². The van der Waals surface area contributed by atoms with Gasteiger partial charge in [-0.05, 0) is 23.3 Å². The van der Waals surface area contributed by atoms with Gasteiger partial charge in [0.05, 0.1) is 6.61 Å². The number of alkyl halides is 2. The van der Waals surface area contributed by atoms with E-state index in [-0.39, 0.29) is 12.2 Å². The maximum Gasteiger partial charge on any atom is 0.379 e. The van der Waals surface area contributed by atoms with Crippen LogP contribution in [0.1, 0.15) is 18.5 Å². The van der Waals surface area contributed by atoms with Gasteiger partial charge < -0.3 is 10.5 Å². The molecular formula is C15H15F2NO2. The highest BCUT2D eigenvalue weighted by molar-refractivity contribution is 5.87. The topological polar surface area (TPSA) is 52.3 Å². The summed E-state index contributed by atoms with van der Waals surface area (Å²) < 4.78 is 32.4.